The lowest BCUT2D eigenvalue weighted by Crippen LogP contribution is -2.62. The van der Waals surface area contributed by atoms with Crippen LogP contribution in [0.15, 0.2) is 23.1 Å². The molecule has 4 atom stereocenters. The molecule has 0 amide bonds. The van der Waals surface area contributed by atoms with E-state index in [0.717, 1.165) is 6.42 Å². The van der Waals surface area contributed by atoms with Crippen LogP contribution in [0.25, 0.3) is 0 Å². The van der Waals surface area contributed by atoms with Crippen LogP contribution in [0.2, 0.25) is 5.02 Å². The third kappa shape index (κ3) is 2.97. The van der Waals surface area contributed by atoms with Gasteiger partial charge in [0.05, 0.1) is 29.4 Å². The summed E-state index contributed by atoms with van der Waals surface area (Å²) in [6, 6.07) is 5.86. The number of hydrogen-bond acceptors (Lipinski definition) is 5. The number of sulfonamides is 1. The fourth-order valence-corrected chi connectivity index (χ4v) is 5.31. The van der Waals surface area contributed by atoms with Gasteiger partial charge in [-0.05, 0) is 24.6 Å². The predicted octanol–water partition coefficient (Wildman–Crippen LogP) is 1.54. The third-order valence-electron chi connectivity index (χ3n) is 4.53. The molecule has 4 unspecified atom stereocenters. The summed E-state index contributed by atoms with van der Waals surface area (Å²) in [6.45, 7) is 1.08. The Balaban J connectivity index is 1.82. The van der Waals surface area contributed by atoms with Crippen molar-refractivity contribution in [3.8, 4) is 6.07 Å². The zero-order valence-corrected chi connectivity index (χ0v) is 14.1. The van der Waals surface area contributed by atoms with E-state index in [1.807, 2.05) is 6.07 Å². The Bertz CT molecular complexity index is 746. The molecule has 8 heteroatoms. The summed E-state index contributed by atoms with van der Waals surface area (Å²) in [6.07, 6.45) is 0.887. The van der Waals surface area contributed by atoms with Gasteiger partial charge in [-0.1, -0.05) is 11.6 Å². The van der Waals surface area contributed by atoms with E-state index in [1.165, 1.54) is 18.2 Å². The Labute approximate surface area is 140 Å². The molecular formula is C15H17ClN2O4S. The van der Waals surface area contributed by atoms with Crippen molar-refractivity contribution in [3.05, 3.63) is 28.8 Å². The lowest BCUT2D eigenvalue weighted by Gasteiger charge is -2.47. The summed E-state index contributed by atoms with van der Waals surface area (Å²) in [7, 11) is -2.18. The molecule has 0 spiro atoms. The second-order valence-corrected chi connectivity index (χ2v) is 7.90. The predicted molar refractivity (Wildman–Crippen MR) is 83.5 cm³/mol. The highest BCUT2D eigenvalue weighted by Gasteiger charge is 2.55. The first-order valence-electron chi connectivity index (χ1n) is 7.30. The van der Waals surface area contributed by atoms with Gasteiger partial charge >= 0.3 is 0 Å². The summed E-state index contributed by atoms with van der Waals surface area (Å²) in [4.78, 5) is -0.0169. The van der Waals surface area contributed by atoms with Gasteiger partial charge in [-0.3, -0.25) is 0 Å². The number of ether oxygens (including phenoxy) is 2. The third-order valence-corrected chi connectivity index (χ3v) is 6.47. The Hall–Kier alpha value is -1.17. The molecule has 0 radical (unpaired) electrons. The number of methoxy groups -OCH3 is 1. The maximum absolute atomic E-state index is 12.6. The van der Waals surface area contributed by atoms with Crippen LogP contribution >= 0.6 is 11.6 Å². The lowest BCUT2D eigenvalue weighted by atomic mass is 9.68. The van der Waals surface area contributed by atoms with Crippen LogP contribution in [-0.4, -0.2) is 40.9 Å². The zero-order chi connectivity index (χ0) is 16.6. The standard InChI is InChI=1S/C15H17ClN2O4S/c1-21-8-11-14(10-4-5-22-15(10)11)18-23(19,20)13-3-2-9(7-17)6-12(13)16/h2-3,6,10-11,14-15,18H,4-5,8H2,1H3. The Morgan fingerprint density at radius 2 is 2.30 bits per heavy atom. The van der Waals surface area contributed by atoms with Crippen molar-refractivity contribution in [1.29, 1.82) is 5.26 Å². The van der Waals surface area contributed by atoms with Crippen molar-refractivity contribution in [3.63, 3.8) is 0 Å². The second-order valence-electron chi connectivity index (χ2n) is 5.81. The molecule has 1 aliphatic carbocycles. The van der Waals surface area contributed by atoms with Gasteiger partial charge in [0.2, 0.25) is 10.0 Å². The van der Waals surface area contributed by atoms with E-state index in [9.17, 15) is 8.42 Å². The molecule has 1 saturated carbocycles. The Kier molecular flexibility index (Phi) is 4.63. The molecule has 23 heavy (non-hydrogen) atoms. The monoisotopic (exact) mass is 356 g/mol. The minimum atomic E-state index is -3.77. The van der Waals surface area contributed by atoms with Crippen molar-refractivity contribution >= 4 is 21.6 Å². The van der Waals surface area contributed by atoms with Crippen molar-refractivity contribution < 1.29 is 17.9 Å². The van der Waals surface area contributed by atoms with Gasteiger partial charge < -0.3 is 9.47 Å². The smallest absolute Gasteiger partial charge is 0.242 e. The van der Waals surface area contributed by atoms with Crippen molar-refractivity contribution in [1.82, 2.24) is 4.72 Å². The molecule has 1 aromatic carbocycles. The highest BCUT2D eigenvalue weighted by molar-refractivity contribution is 7.89. The van der Waals surface area contributed by atoms with Crippen LogP contribution in [0.3, 0.4) is 0 Å². The van der Waals surface area contributed by atoms with Crippen molar-refractivity contribution in [2.24, 2.45) is 11.8 Å². The number of nitriles is 1. The average molecular weight is 357 g/mol. The lowest BCUT2D eigenvalue weighted by molar-refractivity contribution is -0.0775. The van der Waals surface area contributed by atoms with Crippen LogP contribution in [0.1, 0.15) is 12.0 Å². The molecule has 3 rings (SSSR count). The van der Waals surface area contributed by atoms with Crippen LogP contribution < -0.4 is 4.72 Å². The number of fused-ring (bicyclic) bond motifs is 1. The maximum Gasteiger partial charge on any atom is 0.242 e. The fourth-order valence-electron chi connectivity index (χ4n) is 3.43. The average Bonchev–Trinajstić information content (AvgIpc) is 2.94. The molecule has 2 fully saturated rings. The maximum atomic E-state index is 12.6. The topological polar surface area (TPSA) is 88.4 Å². The summed E-state index contributed by atoms with van der Waals surface area (Å²) >= 11 is 6.03. The Morgan fingerprint density at radius 1 is 1.52 bits per heavy atom. The van der Waals surface area contributed by atoms with Gasteiger partial charge in [0.25, 0.3) is 0 Å². The minimum Gasteiger partial charge on any atom is -0.384 e. The minimum absolute atomic E-state index is 0.000526. The SMILES string of the molecule is COCC1C(NS(=O)(=O)c2ccc(C#N)cc2Cl)C2CCOC21. The number of halogens is 1. The molecule has 1 N–H and O–H groups in total. The molecule has 1 saturated heterocycles. The summed E-state index contributed by atoms with van der Waals surface area (Å²) in [5.41, 5.74) is 0.319. The first-order valence-corrected chi connectivity index (χ1v) is 9.16. The van der Waals surface area contributed by atoms with Crippen LogP contribution in [-0.2, 0) is 19.5 Å². The molecule has 1 aliphatic heterocycles. The van der Waals surface area contributed by atoms with E-state index in [0.29, 0.717) is 18.8 Å². The number of nitrogens with zero attached hydrogens (tertiary/aromatic N) is 1. The second kappa shape index (κ2) is 6.38. The van der Waals surface area contributed by atoms with Gasteiger partial charge in [-0.25, -0.2) is 13.1 Å². The summed E-state index contributed by atoms with van der Waals surface area (Å²) < 4.78 is 38.8. The van der Waals surface area contributed by atoms with E-state index < -0.39 is 10.0 Å². The normalized spacial score (nSPS) is 29.6. The summed E-state index contributed by atoms with van der Waals surface area (Å²) in [5, 5.41) is 8.88. The van der Waals surface area contributed by atoms with E-state index >= 15 is 0 Å². The number of nitrogens with one attached hydrogen (secondary N) is 1. The first-order chi connectivity index (χ1) is 11.0. The van der Waals surface area contributed by atoms with E-state index in [4.69, 9.17) is 26.3 Å². The number of rotatable bonds is 5. The Morgan fingerprint density at radius 3 is 2.96 bits per heavy atom. The quantitative estimate of drug-likeness (QED) is 0.864. The highest BCUT2D eigenvalue weighted by Crippen LogP contribution is 2.44. The molecule has 0 bridgehead atoms. The zero-order valence-electron chi connectivity index (χ0n) is 12.5. The molecule has 0 aromatic heterocycles. The van der Waals surface area contributed by atoms with E-state index in [1.54, 1.807) is 7.11 Å². The van der Waals surface area contributed by atoms with Gasteiger partial charge in [0.15, 0.2) is 0 Å². The molecular weight excluding hydrogens is 340 g/mol. The van der Waals surface area contributed by atoms with E-state index in [-0.39, 0.29) is 33.9 Å². The number of hydrogen-bond donors (Lipinski definition) is 1. The molecule has 1 heterocycles. The molecule has 2 aliphatic rings. The van der Waals surface area contributed by atoms with Gasteiger partial charge in [0, 0.05) is 31.6 Å². The van der Waals surface area contributed by atoms with Crippen molar-refractivity contribution in [2.45, 2.75) is 23.5 Å². The van der Waals surface area contributed by atoms with Crippen molar-refractivity contribution in [2.75, 3.05) is 20.3 Å². The highest BCUT2D eigenvalue weighted by atomic mass is 35.5. The molecule has 124 valence electrons. The van der Waals surface area contributed by atoms with Crippen LogP contribution in [0, 0.1) is 23.2 Å². The number of benzene rings is 1. The van der Waals surface area contributed by atoms with Gasteiger partial charge in [0.1, 0.15) is 4.90 Å². The van der Waals surface area contributed by atoms with Crippen LogP contribution in [0.4, 0.5) is 0 Å². The van der Waals surface area contributed by atoms with Gasteiger partial charge in [-0.2, -0.15) is 5.26 Å². The van der Waals surface area contributed by atoms with Crippen LogP contribution in [0.5, 0.6) is 0 Å². The van der Waals surface area contributed by atoms with E-state index in [2.05, 4.69) is 4.72 Å². The molecule has 1 aromatic rings. The van der Waals surface area contributed by atoms with Gasteiger partial charge in [-0.15, -0.1) is 0 Å². The fraction of sp³-hybridized carbons (Fsp3) is 0.533. The first kappa shape index (κ1) is 16.7. The largest absolute Gasteiger partial charge is 0.384 e. The molecule has 6 nitrogen and oxygen atoms in total. The summed E-state index contributed by atoms with van der Waals surface area (Å²) in [5.74, 6) is 0.168.